The van der Waals surface area contributed by atoms with E-state index in [9.17, 15) is 4.79 Å². The summed E-state index contributed by atoms with van der Waals surface area (Å²) in [5.41, 5.74) is 2.64. The largest absolute Gasteiger partial charge is 0.493 e. The number of anilines is 1. The molecule has 0 radical (unpaired) electrons. The Balaban J connectivity index is 1.39. The summed E-state index contributed by atoms with van der Waals surface area (Å²) in [5, 5.41) is 15.3. The van der Waals surface area contributed by atoms with E-state index in [2.05, 4.69) is 40.9 Å². The standard InChI is InChI=1S/C26H26ClN5O2S2/c1-4-13-32-24(19-7-11-21(12-8-19)34-14-17(2)3)30-31-26(32)36-16-23(33)29-25-28-22(15-35-25)18-5-9-20(27)10-6-18/h4-12,15,17H,1,13-14,16H2,2-3H3,(H,28,29,33). The molecule has 0 saturated carbocycles. The van der Waals surface area contributed by atoms with Crippen molar-refractivity contribution in [3.63, 3.8) is 0 Å². The first-order valence-corrected chi connectivity index (χ1v) is 13.6. The second-order valence-corrected chi connectivity index (χ2v) is 10.6. The van der Waals surface area contributed by atoms with Gasteiger partial charge in [-0.15, -0.1) is 28.1 Å². The quantitative estimate of drug-likeness (QED) is 0.169. The minimum atomic E-state index is -0.168. The Morgan fingerprint density at radius 1 is 1.17 bits per heavy atom. The van der Waals surface area contributed by atoms with E-state index in [4.69, 9.17) is 16.3 Å². The second kappa shape index (κ2) is 12.2. The first-order valence-electron chi connectivity index (χ1n) is 11.3. The normalized spacial score (nSPS) is 11.0. The molecule has 0 atom stereocenters. The highest BCUT2D eigenvalue weighted by Gasteiger charge is 2.16. The number of benzene rings is 2. The van der Waals surface area contributed by atoms with Crippen LogP contribution in [-0.2, 0) is 11.3 Å². The maximum absolute atomic E-state index is 12.6. The highest BCUT2D eigenvalue weighted by molar-refractivity contribution is 7.99. The molecular formula is C26H26ClN5O2S2. The van der Waals surface area contributed by atoms with Crippen LogP contribution in [0.2, 0.25) is 5.02 Å². The summed E-state index contributed by atoms with van der Waals surface area (Å²) in [7, 11) is 0. The number of rotatable bonds is 11. The number of carbonyl (C=O) groups is 1. The third-order valence-electron chi connectivity index (χ3n) is 4.95. The van der Waals surface area contributed by atoms with Gasteiger partial charge in [-0.1, -0.05) is 55.4 Å². The van der Waals surface area contributed by atoms with Crippen molar-refractivity contribution < 1.29 is 9.53 Å². The Hall–Kier alpha value is -3.14. The number of thioether (sulfide) groups is 1. The van der Waals surface area contributed by atoms with Gasteiger partial charge in [0.15, 0.2) is 16.1 Å². The molecule has 2 heterocycles. The molecule has 0 aliphatic rings. The van der Waals surface area contributed by atoms with Gasteiger partial charge in [0.1, 0.15) is 5.75 Å². The van der Waals surface area contributed by atoms with Crippen molar-refractivity contribution in [1.29, 1.82) is 0 Å². The van der Waals surface area contributed by atoms with Gasteiger partial charge in [0.25, 0.3) is 0 Å². The molecule has 0 unspecified atom stereocenters. The van der Waals surface area contributed by atoms with Crippen LogP contribution in [0.4, 0.5) is 5.13 Å². The van der Waals surface area contributed by atoms with Crippen molar-refractivity contribution in [2.75, 3.05) is 17.7 Å². The van der Waals surface area contributed by atoms with Gasteiger partial charge in [0.2, 0.25) is 5.91 Å². The van der Waals surface area contributed by atoms with E-state index in [1.54, 1.807) is 6.08 Å². The van der Waals surface area contributed by atoms with Crippen LogP contribution in [0, 0.1) is 5.92 Å². The van der Waals surface area contributed by atoms with E-state index in [1.165, 1.54) is 23.1 Å². The third kappa shape index (κ3) is 6.75. The predicted octanol–water partition coefficient (Wildman–Crippen LogP) is 6.67. The van der Waals surface area contributed by atoms with Crippen molar-refractivity contribution in [2.24, 2.45) is 5.92 Å². The Morgan fingerprint density at radius 2 is 1.89 bits per heavy atom. The van der Waals surface area contributed by atoms with Crippen LogP contribution in [0.15, 0.2) is 71.7 Å². The molecule has 0 fully saturated rings. The van der Waals surface area contributed by atoms with Gasteiger partial charge in [0, 0.05) is 28.1 Å². The first kappa shape index (κ1) is 25.9. The summed E-state index contributed by atoms with van der Waals surface area (Å²) in [6.07, 6.45) is 1.78. The smallest absolute Gasteiger partial charge is 0.236 e. The average molecular weight is 540 g/mol. The van der Waals surface area contributed by atoms with Crippen LogP contribution in [0.25, 0.3) is 22.6 Å². The number of nitrogens with one attached hydrogen (secondary N) is 1. The van der Waals surface area contributed by atoms with E-state index in [-0.39, 0.29) is 11.7 Å². The number of aromatic nitrogens is 4. The van der Waals surface area contributed by atoms with Crippen LogP contribution in [0.5, 0.6) is 5.75 Å². The fraction of sp³-hybridized carbons (Fsp3) is 0.231. The molecule has 2 aromatic carbocycles. The third-order valence-corrected chi connectivity index (χ3v) is 6.92. The van der Waals surface area contributed by atoms with Crippen molar-refractivity contribution in [3.05, 3.63) is 71.6 Å². The van der Waals surface area contributed by atoms with Gasteiger partial charge in [-0.25, -0.2) is 4.98 Å². The van der Waals surface area contributed by atoms with Gasteiger partial charge < -0.3 is 10.1 Å². The Morgan fingerprint density at radius 3 is 2.58 bits per heavy atom. The minimum absolute atomic E-state index is 0.168. The summed E-state index contributed by atoms with van der Waals surface area (Å²) >= 11 is 8.65. The van der Waals surface area contributed by atoms with E-state index < -0.39 is 0 Å². The summed E-state index contributed by atoms with van der Waals surface area (Å²) in [6, 6.07) is 15.2. The number of amides is 1. The van der Waals surface area contributed by atoms with E-state index >= 15 is 0 Å². The minimum Gasteiger partial charge on any atom is -0.493 e. The van der Waals surface area contributed by atoms with Crippen LogP contribution < -0.4 is 10.1 Å². The Kier molecular flexibility index (Phi) is 8.79. The fourth-order valence-electron chi connectivity index (χ4n) is 3.24. The Bertz CT molecular complexity index is 1320. The summed E-state index contributed by atoms with van der Waals surface area (Å²) in [6.45, 7) is 9.26. The number of hydrogen-bond acceptors (Lipinski definition) is 7. The zero-order valence-corrected chi connectivity index (χ0v) is 22.4. The van der Waals surface area contributed by atoms with E-state index in [0.717, 1.165) is 22.6 Å². The van der Waals surface area contributed by atoms with Crippen molar-refractivity contribution in [3.8, 4) is 28.4 Å². The molecular weight excluding hydrogens is 514 g/mol. The maximum atomic E-state index is 12.6. The molecule has 1 amide bonds. The number of hydrogen-bond donors (Lipinski definition) is 1. The molecule has 0 saturated heterocycles. The second-order valence-electron chi connectivity index (χ2n) is 8.32. The van der Waals surface area contributed by atoms with Crippen molar-refractivity contribution in [2.45, 2.75) is 25.5 Å². The lowest BCUT2D eigenvalue weighted by atomic mass is 10.2. The summed E-state index contributed by atoms with van der Waals surface area (Å²) in [4.78, 5) is 17.1. The average Bonchev–Trinajstić information content (AvgIpc) is 3.50. The van der Waals surface area contributed by atoms with E-state index in [1.807, 2.05) is 58.5 Å². The molecule has 36 heavy (non-hydrogen) atoms. The van der Waals surface area contributed by atoms with Crippen molar-refractivity contribution in [1.82, 2.24) is 19.7 Å². The SMILES string of the molecule is C=CCn1c(SCC(=O)Nc2nc(-c3ccc(Cl)cc3)cs2)nnc1-c1ccc(OCC(C)C)cc1. The molecule has 4 aromatic rings. The highest BCUT2D eigenvalue weighted by atomic mass is 35.5. The number of nitrogens with zero attached hydrogens (tertiary/aromatic N) is 4. The molecule has 0 aliphatic carbocycles. The van der Waals surface area contributed by atoms with E-state index in [0.29, 0.717) is 40.2 Å². The number of allylic oxidation sites excluding steroid dienone is 1. The molecule has 0 aliphatic heterocycles. The lowest BCUT2D eigenvalue weighted by Gasteiger charge is -2.10. The van der Waals surface area contributed by atoms with Crippen LogP contribution in [-0.4, -0.2) is 38.0 Å². The molecule has 4 rings (SSSR count). The number of halogens is 1. The van der Waals surface area contributed by atoms with Gasteiger partial charge >= 0.3 is 0 Å². The topological polar surface area (TPSA) is 81.9 Å². The van der Waals surface area contributed by atoms with Gasteiger partial charge in [-0.3, -0.25) is 9.36 Å². The molecule has 1 N–H and O–H groups in total. The lowest BCUT2D eigenvalue weighted by molar-refractivity contribution is -0.113. The molecule has 7 nitrogen and oxygen atoms in total. The molecule has 2 aromatic heterocycles. The summed E-state index contributed by atoms with van der Waals surface area (Å²) < 4.78 is 7.71. The first-order chi connectivity index (χ1) is 17.4. The maximum Gasteiger partial charge on any atom is 0.236 e. The summed E-state index contributed by atoms with van der Waals surface area (Å²) in [5.74, 6) is 1.99. The molecule has 0 spiro atoms. The molecule has 10 heteroatoms. The van der Waals surface area contributed by atoms with Gasteiger partial charge in [0.05, 0.1) is 18.1 Å². The van der Waals surface area contributed by atoms with Crippen LogP contribution >= 0.6 is 34.7 Å². The fourth-order valence-corrected chi connectivity index (χ4v) is 4.85. The number of ether oxygens (including phenoxy) is 1. The lowest BCUT2D eigenvalue weighted by Crippen LogP contribution is -2.14. The highest BCUT2D eigenvalue weighted by Crippen LogP contribution is 2.28. The Labute approximate surface area is 223 Å². The zero-order valence-electron chi connectivity index (χ0n) is 20.0. The van der Waals surface area contributed by atoms with Crippen LogP contribution in [0.3, 0.4) is 0 Å². The molecule has 0 bridgehead atoms. The zero-order chi connectivity index (χ0) is 25.5. The van der Waals surface area contributed by atoms with Crippen LogP contribution in [0.1, 0.15) is 13.8 Å². The van der Waals surface area contributed by atoms with Gasteiger partial charge in [-0.05, 0) is 42.3 Å². The molecule has 186 valence electrons. The monoisotopic (exact) mass is 539 g/mol. The number of thiazole rings is 1. The van der Waals surface area contributed by atoms with Gasteiger partial charge in [-0.2, -0.15) is 0 Å². The number of carbonyl (C=O) groups excluding carboxylic acids is 1. The predicted molar refractivity (Wildman–Crippen MR) is 148 cm³/mol. The van der Waals surface area contributed by atoms with Crippen molar-refractivity contribution >= 4 is 45.7 Å².